The van der Waals surface area contributed by atoms with Crippen LogP contribution in [0.5, 0.6) is 0 Å². The zero-order chi connectivity index (χ0) is 19.5. The maximum Gasteiger partial charge on any atom is 0.306 e. The van der Waals surface area contributed by atoms with Gasteiger partial charge in [0.2, 0.25) is 0 Å². The summed E-state index contributed by atoms with van der Waals surface area (Å²) in [6, 6.07) is 0. The van der Waals surface area contributed by atoms with Crippen molar-refractivity contribution in [2.45, 2.75) is 97.0 Å². The molecule has 0 aromatic heterocycles. The molecule has 0 bridgehead atoms. The van der Waals surface area contributed by atoms with Crippen LogP contribution in [0.15, 0.2) is 24.8 Å². The number of hydrogen-bond acceptors (Lipinski definition) is 4. The van der Waals surface area contributed by atoms with E-state index in [9.17, 15) is 9.59 Å². The van der Waals surface area contributed by atoms with Gasteiger partial charge in [-0.15, -0.1) is 6.58 Å². The Morgan fingerprint density at radius 1 is 0.923 bits per heavy atom. The smallest absolute Gasteiger partial charge is 0.306 e. The van der Waals surface area contributed by atoms with Crippen molar-refractivity contribution in [3.63, 3.8) is 0 Å². The number of ether oxygens (including phenoxy) is 2. The van der Waals surface area contributed by atoms with E-state index in [1.807, 2.05) is 13.0 Å². The van der Waals surface area contributed by atoms with Crippen molar-refractivity contribution < 1.29 is 19.1 Å². The molecule has 1 unspecified atom stereocenters. The van der Waals surface area contributed by atoms with Crippen LogP contribution in [0.25, 0.3) is 0 Å². The van der Waals surface area contributed by atoms with Gasteiger partial charge in [-0.25, -0.2) is 0 Å². The number of allylic oxidation sites excluding steroid dienone is 1. The lowest BCUT2D eigenvalue weighted by Gasteiger charge is -2.10. The van der Waals surface area contributed by atoms with Crippen LogP contribution < -0.4 is 0 Å². The molecule has 4 heteroatoms. The molecule has 0 saturated carbocycles. The van der Waals surface area contributed by atoms with Gasteiger partial charge in [-0.05, 0) is 26.2 Å². The molecule has 0 heterocycles. The van der Waals surface area contributed by atoms with Gasteiger partial charge in [-0.2, -0.15) is 0 Å². The molecule has 1 atom stereocenters. The third-order valence-electron chi connectivity index (χ3n) is 4.07. The fraction of sp³-hybridized carbons (Fsp3) is 0.727. The second kappa shape index (κ2) is 18.2. The van der Waals surface area contributed by atoms with Crippen LogP contribution in [0.4, 0.5) is 0 Å². The first-order valence-electron chi connectivity index (χ1n) is 10.2. The third kappa shape index (κ3) is 17.2. The number of carbonyl (C=O) groups is 2. The van der Waals surface area contributed by atoms with E-state index in [2.05, 4.69) is 19.6 Å². The maximum atomic E-state index is 11.6. The quantitative estimate of drug-likeness (QED) is 0.182. The summed E-state index contributed by atoms with van der Waals surface area (Å²) in [6.45, 7) is 7.98. The normalized spacial score (nSPS) is 12.1. The standard InChI is InChI=1S/C22H38O4/c1-4-6-7-8-9-10-11-12-13-14-19-25-21(23)17-15-18-22(24)26-20(3)16-5-2/h5,13-14,20H,2,4,6-12,15-19H2,1,3H3/b14-13+. The van der Waals surface area contributed by atoms with Crippen molar-refractivity contribution in [2.24, 2.45) is 0 Å². The monoisotopic (exact) mass is 366 g/mol. The first-order chi connectivity index (χ1) is 12.6. The minimum atomic E-state index is -0.276. The van der Waals surface area contributed by atoms with E-state index in [1.165, 1.54) is 44.9 Å². The van der Waals surface area contributed by atoms with Gasteiger partial charge in [-0.1, -0.05) is 63.7 Å². The number of unbranched alkanes of at least 4 members (excludes halogenated alkanes) is 7. The lowest BCUT2D eigenvalue weighted by molar-refractivity contribution is -0.148. The predicted octanol–water partition coefficient (Wildman–Crippen LogP) is 5.90. The van der Waals surface area contributed by atoms with Crippen LogP contribution in [-0.2, 0) is 19.1 Å². The molecule has 26 heavy (non-hydrogen) atoms. The molecule has 4 nitrogen and oxygen atoms in total. The summed E-state index contributed by atoms with van der Waals surface area (Å²) in [5, 5.41) is 0. The summed E-state index contributed by atoms with van der Waals surface area (Å²) in [5.74, 6) is -0.542. The van der Waals surface area contributed by atoms with E-state index in [1.54, 1.807) is 6.08 Å². The van der Waals surface area contributed by atoms with E-state index < -0.39 is 0 Å². The molecule has 0 rings (SSSR count). The van der Waals surface area contributed by atoms with Gasteiger partial charge in [0.25, 0.3) is 0 Å². The van der Waals surface area contributed by atoms with Crippen molar-refractivity contribution in [1.82, 2.24) is 0 Å². The van der Waals surface area contributed by atoms with Gasteiger partial charge in [0.05, 0.1) is 0 Å². The molecule has 0 aliphatic rings. The third-order valence-corrected chi connectivity index (χ3v) is 4.07. The Kier molecular flexibility index (Phi) is 17.1. The Morgan fingerprint density at radius 3 is 2.27 bits per heavy atom. The van der Waals surface area contributed by atoms with Gasteiger partial charge in [0.15, 0.2) is 0 Å². The molecule has 0 spiro atoms. The van der Waals surface area contributed by atoms with Gasteiger partial charge >= 0.3 is 11.9 Å². The topological polar surface area (TPSA) is 52.6 Å². The number of esters is 2. The molecule has 0 saturated heterocycles. The van der Waals surface area contributed by atoms with Crippen LogP contribution in [0.2, 0.25) is 0 Å². The Hall–Kier alpha value is -1.58. The average molecular weight is 367 g/mol. The molecule has 0 fully saturated rings. The van der Waals surface area contributed by atoms with Gasteiger partial charge in [0.1, 0.15) is 12.7 Å². The Labute approximate surface area is 160 Å². The highest BCUT2D eigenvalue weighted by Gasteiger charge is 2.09. The highest BCUT2D eigenvalue weighted by atomic mass is 16.5. The van der Waals surface area contributed by atoms with Gasteiger partial charge in [-0.3, -0.25) is 9.59 Å². The second-order valence-corrected chi connectivity index (χ2v) is 6.74. The Balaban J connectivity index is 3.48. The molecule has 0 aromatic rings. The Bertz CT molecular complexity index is 401. The van der Waals surface area contributed by atoms with Crippen molar-refractivity contribution in [3.05, 3.63) is 24.8 Å². The highest BCUT2D eigenvalue weighted by molar-refractivity contribution is 5.72. The summed E-state index contributed by atoms with van der Waals surface area (Å²) in [5.41, 5.74) is 0. The molecule has 150 valence electrons. The molecule has 0 N–H and O–H groups in total. The average Bonchev–Trinajstić information content (AvgIpc) is 2.59. The Morgan fingerprint density at radius 2 is 1.58 bits per heavy atom. The fourth-order valence-electron chi connectivity index (χ4n) is 2.56. The van der Waals surface area contributed by atoms with Crippen molar-refractivity contribution >= 4 is 11.9 Å². The van der Waals surface area contributed by atoms with Crippen LogP contribution >= 0.6 is 0 Å². The minimum absolute atomic E-state index is 0.159. The number of carbonyl (C=O) groups excluding carboxylic acids is 2. The van der Waals surface area contributed by atoms with E-state index >= 15 is 0 Å². The molecular weight excluding hydrogens is 328 g/mol. The van der Waals surface area contributed by atoms with Gasteiger partial charge < -0.3 is 9.47 Å². The van der Waals surface area contributed by atoms with E-state index in [0.717, 1.165) is 6.42 Å². The zero-order valence-corrected chi connectivity index (χ0v) is 16.8. The van der Waals surface area contributed by atoms with Crippen LogP contribution in [0, 0.1) is 0 Å². The molecule has 0 aliphatic carbocycles. The first kappa shape index (κ1) is 24.4. The van der Waals surface area contributed by atoms with Crippen LogP contribution in [0.3, 0.4) is 0 Å². The summed E-state index contributed by atoms with van der Waals surface area (Å²) in [4.78, 5) is 23.1. The summed E-state index contributed by atoms with van der Waals surface area (Å²) < 4.78 is 10.3. The lowest BCUT2D eigenvalue weighted by atomic mass is 10.1. The van der Waals surface area contributed by atoms with E-state index in [4.69, 9.17) is 9.47 Å². The predicted molar refractivity (Wildman–Crippen MR) is 107 cm³/mol. The largest absolute Gasteiger partial charge is 0.462 e. The number of rotatable bonds is 17. The van der Waals surface area contributed by atoms with Crippen LogP contribution in [0.1, 0.15) is 90.9 Å². The summed E-state index contributed by atoms with van der Waals surface area (Å²) in [6.07, 6.45) is 17.3. The zero-order valence-electron chi connectivity index (χ0n) is 16.8. The van der Waals surface area contributed by atoms with E-state index in [0.29, 0.717) is 19.4 Å². The van der Waals surface area contributed by atoms with Crippen molar-refractivity contribution in [2.75, 3.05) is 6.61 Å². The van der Waals surface area contributed by atoms with Gasteiger partial charge in [0, 0.05) is 19.3 Å². The fourth-order valence-corrected chi connectivity index (χ4v) is 2.56. The highest BCUT2D eigenvalue weighted by Crippen LogP contribution is 2.08. The van der Waals surface area contributed by atoms with Crippen LogP contribution in [-0.4, -0.2) is 24.6 Å². The van der Waals surface area contributed by atoms with E-state index in [-0.39, 0.29) is 30.9 Å². The summed E-state index contributed by atoms with van der Waals surface area (Å²) in [7, 11) is 0. The molecule has 0 aliphatic heterocycles. The SMILES string of the molecule is C=CCC(C)OC(=O)CCCC(=O)OC/C=C/CCCCCCCCC. The molecule has 0 amide bonds. The lowest BCUT2D eigenvalue weighted by Crippen LogP contribution is -2.14. The second-order valence-electron chi connectivity index (χ2n) is 6.74. The summed E-state index contributed by atoms with van der Waals surface area (Å²) >= 11 is 0. The first-order valence-corrected chi connectivity index (χ1v) is 10.2. The molecular formula is C22H38O4. The van der Waals surface area contributed by atoms with Crippen molar-refractivity contribution in [1.29, 1.82) is 0 Å². The number of hydrogen-bond donors (Lipinski definition) is 0. The maximum absolute atomic E-state index is 11.6. The molecule has 0 aromatic carbocycles. The minimum Gasteiger partial charge on any atom is -0.462 e. The van der Waals surface area contributed by atoms with Crippen molar-refractivity contribution in [3.8, 4) is 0 Å². The molecule has 0 radical (unpaired) electrons.